The molecular formula is C47H79N9O4. The van der Waals surface area contributed by atoms with E-state index < -0.39 is 4.92 Å². The number of carbonyl (C=O) groups excluding carboxylic acids is 1. The first-order chi connectivity index (χ1) is 27.3. The van der Waals surface area contributed by atoms with Crippen molar-refractivity contribution in [2.24, 2.45) is 25.4 Å². The molecule has 5 heterocycles. The first-order valence-electron chi connectivity index (χ1n) is 21.4. The van der Waals surface area contributed by atoms with Crippen LogP contribution in [0, 0.1) is 35.3 Å². The highest BCUT2D eigenvalue weighted by Crippen LogP contribution is 2.39. The Morgan fingerprint density at radius 3 is 1.65 bits per heavy atom. The molecule has 0 radical (unpaired) electrons. The summed E-state index contributed by atoms with van der Waals surface area (Å²) in [5, 5.41) is 23.1. The van der Waals surface area contributed by atoms with E-state index in [4.69, 9.17) is 4.52 Å². The van der Waals surface area contributed by atoms with Crippen molar-refractivity contribution >= 4 is 11.7 Å². The number of piperidine rings is 1. The smallest absolute Gasteiger partial charge is 0.358 e. The molecule has 1 aliphatic carbocycles. The highest BCUT2D eigenvalue weighted by Gasteiger charge is 2.32. The van der Waals surface area contributed by atoms with Crippen molar-refractivity contribution in [3.8, 4) is 0 Å². The number of aryl methyl sites for hydroxylation is 3. The van der Waals surface area contributed by atoms with Crippen molar-refractivity contribution in [2.45, 2.75) is 178 Å². The Balaban J connectivity index is 0.000000259. The van der Waals surface area contributed by atoms with Crippen LogP contribution < -0.4 is 0 Å². The maximum atomic E-state index is 11.1. The fraction of sp³-hybridized carbons (Fsp3) is 0.702. The third-order valence-corrected chi connectivity index (χ3v) is 10.8. The fourth-order valence-corrected chi connectivity index (χ4v) is 7.20. The van der Waals surface area contributed by atoms with Gasteiger partial charge in [0, 0.05) is 74.0 Å². The molecule has 0 unspecified atom stereocenters. The molecule has 1 saturated heterocycles. The summed E-state index contributed by atoms with van der Waals surface area (Å²) < 4.78 is 9.04. The lowest BCUT2D eigenvalue weighted by atomic mass is 9.75. The van der Waals surface area contributed by atoms with Gasteiger partial charge in [-0.15, -0.1) is 0 Å². The van der Waals surface area contributed by atoms with E-state index in [1.54, 1.807) is 19.1 Å². The number of nitrogens with zero attached hydrogens (tertiary/aromatic N) is 9. The largest absolute Gasteiger partial charge is 0.367 e. The zero-order chi connectivity index (χ0) is 46.2. The average molecular weight is 834 g/mol. The average Bonchev–Trinajstić information content (AvgIpc) is 3.51. The van der Waals surface area contributed by atoms with Gasteiger partial charge in [0.1, 0.15) is 6.20 Å². The zero-order valence-corrected chi connectivity index (χ0v) is 40.9. The summed E-state index contributed by atoms with van der Waals surface area (Å²) >= 11 is 0. The van der Waals surface area contributed by atoms with Gasteiger partial charge in [-0.2, -0.15) is 15.2 Å². The molecule has 1 aliphatic heterocycles. The molecule has 13 nitrogen and oxygen atoms in total. The first-order valence-corrected chi connectivity index (χ1v) is 21.4. The number of amides is 1. The number of rotatable bonds is 2. The fourth-order valence-electron chi connectivity index (χ4n) is 7.20. The number of carbonyl (C=O) groups is 1. The maximum absolute atomic E-state index is 11.1. The molecule has 1 saturated carbocycles. The molecule has 1 amide bonds. The molecule has 0 atom stereocenters. The van der Waals surface area contributed by atoms with Crippen LogP contribution in [0.15, 0.2) is 35.1 Å². The summed E-state index contributed by atoms with van der Waals surface area (Å²) in [7, 11) is 3.97. The summed E-state index contributed by atoms with van der Waals surface area (Å²) in [5.74, 6) is 3.21. The summed E-state index contributed by atoms with van der Waals surface area (Å²) in [6.45, 7) is 39.9. The van der Waals surface area contributed by atoms with Crippen LogP contribution >= 0.6 is 0 Å². The highest BCUT2D eigenvalue weighted by atomic mass is 16.6. The van der Waals surface area contributed by atoms with Crippen molar-refractivity contribution in [2.75, 3.05) is 13.1 Å². The maximum Gasteiger partial charge on any atom is 0.367 e. The number of likely N-dealkylation sites (tertiary alicyclic amines) is 1. The number of nitro groups is 1. The molecule has 6 rings (SSSR count). The Kier molecular flexibility index (Phi) is 17.6. The second-order valence-electron chi connectivity index (χ2n) is 21.5. The minimum Gasteiger partial charge on any atom is -0.358 e. The lowest BCUT2D eigenvalue weighted by molar-refractivity contribution is -0.390. The van der Waals surface area contributed by atoms with Crippen LogP contribution in [0.2, 0.25) is 0 Å². The topological polar surface area (TPSA) is 151 Å². The molecule has 4 aromatic heterocycles. The number of hydrogen-bond acceptors (Lipinski definition) is 9. The summed E-state index contributed by atoms with van der Waals surface area (Å²) in [5.41, 5.74) is 6.33. The van der Waals surface area contributed by atoms with E-state index in [1.165, 1.54) is 48.8 Å². The van der Waals surface area contributed by atoms with E-state index in [1.807, 2.05) is 55.3 Å². The third-order valence-electron chi connectivity index (χ3n) is 10.8. The van der Waals surface area contributed by atoms with Crippen LogP contribution in [0.1, 0.15) is 182 Å². The minimum absolute atomic E-state index is 0.0137. The Morgan fingerprint density at radius 1 is 0.783 bits per heavy atom. The van der Waals surface area contributed by atoms with E-state index in [0.717, 1.165) is 36.4 Å². The van der Waals surface area contributed by atoms with E-state index >= 15 is 0 Å². The molecule has 0 spiro atoms. The van der Waals surface area contributed by atoms with Crippen molar-refractivity contribution in [1.29, 1.82) is 0 Å². The molecule has 0 N–H and O–H groups in total. The van der Waals surface area contributed by atoms with Gasteiger partial charge < -0.3 is 19.5 Å². The van der Waals surface area contributed by atoms with Crippen molar-refractivity contribution in [3.63, 3.8) is 0 Å². The van der Waals surface area contributed by atoms with Gasteiger partial charge >= 0.3 is 5.82 Å². The Morgan fingerprint density at radius 2 is 1.35 bits per heavy atom. The third kappa shape index (κ3) is 15.9. The summed E-state index contributed by atoms with van der Waals surface area (Å²) in [6.07, 6.45) is 8.06. The Labute approximate surface area is 361 Å². The lowest BCUT2D eigenvalue weighted by Crippen LogP contribution is -2.40. The van der Waals surface area contributed by atoms with Crippen LogP contribution in [-0.2, 0) is 40.5 Å². The highest BCUT2D eigenvalue weighted by molar-refractivity contribution is 5.73. The van der Waals surface area contributed by atoms with E-state index in [9.17, 15) is 14.9 Å². The van der Waals surface area contributed by atoms with E-state index in [2.05, 4.69) is 128 Å². The number of aromatic nitrogens is 7. The van der Waals surface area contributed by atoms with Crippen LogP contribution in [0.5, 0.6) is 0 Å². The molecule has 4 aromatic rings. The van der Waals surface area contributed by atoms with Crippen LogP contribution in [-0.4, -0.2) is 63.5 Å². The molecule has 336 valence electrons. The predicted molar refractivity (Wildman–Crippen MR) is 242 cm³/mol. The second kappa shape index (κ2) is 20.4. The Bertz CT molecular complexity index is 1960. The second-order valence-corrected chi connectivity index (χ2v) is 21.5. The SMILES string of the molecule is CC(=O)N1CCC(C(C)(C)C)CC1.CC(C)(C)c1cccnc1[N+](=O)[O-].CC(C)(C)c1nc(C2CC2)no1.Cc1nn(C)c(C)c1C(C)(C)C.Cn1nccc1C(C)(C)C. The summed E-state index contributed by atoms with van der Waals surface area (Å²) in [4.78, 5) is 31.3. The van der Waals surface area contributed by atoms with Gasteiger partial charge in [0.2, 0.25) is 11.8 Å². The van der Waals surface area contributed by atoms with E-state index in [0.29, 0.717) is 16.9 Å². The molecule has 2 aliphatic rings. The molecule has 13 heteroatoms. The van der Waals surface area contributed by atoms with Crippen LogP contribution in [0.25, 0.3) is 0 Å². The Hall–Kier alpha value is -4.42. The molecule has 0 aromatic carbocycles. The van der Waals surface area contributed by atoms with Crippen molar-refractivity contribution in [3.05, 3.63) is 80.6 Å². The van der Waals surface area contributed by atoms with Crippen molar-refractivity contribution < 1.29 is 14.2 Å². The standard InChI is InChI=1S/C11H21NO.C10H18N2.C9H12N2O2.C9H14N2O.C8H14N2/c1-9(13)12-7-5-10(6-8-12)11(2,3)4;1-7-9(10(3,4)5)8(2)12(6)11-7;1-9(2,3)7-5-4-6-10-8(7)11(12)13;1-9(2,3)8-10-7(11-12-8)6-4-5-6;1-8(2,3)7-5-6-9-10(7)4/h10H,5-8H2,1-4H3;1-6H3;4-6H,1-3H3;6H,4-5H2,1-3H3;5-6H,1-4H3. The monoisotopic (exact) mass is 834 g/mol. The lowest BCUT2D eigenvalue weighted by Gasteiger charge is -2.38. The van der Waals surface area contributed by atoms with Crippen LogP contribution in [0.3, 0.4) is 0 Å². The van der Waals surface area contributed by atoms with Crippen LogP contribution in [0.4, 0.5) is 5.82 Å². The predicted octanol–water partition coefficient (Wildman–Crippen LogP) is 10.9. The van der Waals surface area contributed by atoms with Crippen molar-refractivity contribution in [1.82, 2.24) is 39.6 Å². The van der Waals surface area contributed by atoms with E-state index in [-0.39, 0.29) is 33.4 Å². The van der Waals surface area contributed by atoms with Gasteiger partial charge in [-0.25, -0.2) is 0 Å². The summed E-state index contributed by atoms with van der Waals surface area (Å²) in [6, 6.07) is 5.51. The van der Waals surface area contributed by atoms with Gasteiger partial charge in [-0.3, -0.25) is 14.2 Å². The zero-order valence-electron chi connectivity index (χ0n) is 40.9. The van der Waals surface area contributed by atoms with Gasteiger partial charge in [0.05, 0.1) is 11.3 Å². The normalized spacial score (nSPS) is 15.0. The van der Waals surface area contributed by atoms with Gasteiger partial charge in [-0.05, 0) is 89.8 Å². The molecule has 0 bridgehead atoms. The first kappa shape index (κ1) is 51.7. The van der Waals surface area contributed by atoms with Gasteiger partial charge in [0.25, 0.3) is 0 Å². The minimum atomic E-state index is -0.444. The molecular weight excluding hydrogens is 755 g/mol. The van der Waals surface area contributed by atoms with Gasteiger partial charge in [0.15, 0.2) is 5.82 Å². The quantitative estimate of drug-likeness (QED) is 0.142. The molecule has 60 heavy (non-hydrogen) atoms. The van der Waals surface area contributed by atoms with Gasteiger partial charge in [-0.1, -0.05) is 109 Å². The number of pyridine rings is 1. The number of hydrogen-bond donors (Lipinski definition) is 0. The molecule has 2 fully saturated rings.